The van der Waals surface area contributed by atoms with Gasteiger partial charge in [-0.15, -0.1) is 0 Å². The summed E-state index contributed by atoms with van der Waals surface area (Å²) in [7, 11) is -4.35. The van der Waals surface area contributed by atoms with Crippen molar-refractivity contribution in [1.82, 2.24) is 9.97 Å². The maximum absolute atomic E-state index is 11.3. The lowest BCUT2D eigenvalue weighted by atomic mass is 10.1. The summed E-state index contributed by atoms with van der Waals surface area (Å²) in [5.74, 6) is 0.0270. The summed E-state index contributed by atoms with van der Waals surface area (Å²) >= 11 is 0. The molecule has 0 saturated carbocycles. The van der Waals surface area contributed by atoms with Crippen LogP contribution in [-0.2, 0) is 10.1 Å². The van der Waals surface area contributed by atoms with E-state index in [1.165, 1.54) is 24.4 Å². The first-order chi connectivity index (χ1) is 8.39. The SMILES string of the molecule is Nc1ncc(-c2ccccc2S(=O)(=O)O)c(N)n1. The van der Waals surface area contributed by atoms with Gasteiger partial charge in [0.2, 0.25) is 5.95 Å². The molecule has 5 N–H and O–H groups in total. The molecule has 0 spiro atoms. The Balaban J connectivity index is 2.72. The van der Waals surface area contributed by atoms with Crippen LogP contribution in [0.15, 0.2) is 35.4 Å². The number of nitrogens with two attached hydrogens (primary N) is 2. The summed E-state index contributed by atoms with van der Waals surface area (Å²) < 4.78 is 31.7. The fraction of sp³-hybridized carbons (Fsp3) is 0. The smallest absolute Gasteiger partial charge is 0.295 e. The summed E-state index contributed by atoms with van der Waals surface area (Å²) in [6.07, 6.45) is 1.31. The van der Waals surface area contributed by atoms with Crippen molar-refractivity contribution in [2.45, 2.75) is 4.90 Å². The first-order valence-electron chi connectivity index (χ1n) is 4.84. The van der Waals surface area contributed by atoms with Gasteiger partial charge in [-0.05, 0) is 6.07 Å². The van der Waals surface area contributed by atoms with Crippen molar-refractivity contribution in [2.24, 2.45) is 0 Å². The van der Waals surface area contributed by atoms with Crippen molar-refractivity contribution in [3.05, 3.63) is 30.5 Å². The molecule has 0 saturated heterocycles. The topological polar surface area (TPSA) is 132 Å². The molecule has 8 heteroatoms. The van der Waals surface area contributed by atoms with Crippen LogP contribution in [-0.4, -0.2) is 22.9 Å². The minimum Gasteiger partial charge on any atom is -0.383 e. The molecule has 0 atom stereocenters. The molecule has 0 fully saturated rings. The molecule has 2 aromatic rings. The quantitative estimate of drug-likeness (QED) is 0.676. The number of nitrogen functional groups attached to an aromatic ring is 2. The van der Waals surface area contributed by atoms with E-state index < -0.39 is 10.1 Å². The molecule has 94 valence electrons. The molecule has 2 rings (SSSR count). The number of anilines is 2. The Morgan fingerprint density at radius 1 is 1.11 bits per heavy atom. The lowest BCUT2D eigenvalue weighted by molar-refractivity contribution is 0.483. The highest BCUT2D eigenvalue weighted by atomic mass is 32.2. The Kier molecular flexibility index (Phi) is 2.89. The molecule has 0 aliphatic carbocycles. The van der Waals surface area contributed by atoms with Crippen molar-refractivity contribution in [2.75, 3.05) is 11.5 Å². The first-order valence-corrected chi connectivity index (χ1v) is 6.28. The average Bonchev–Trinajstić information content (AvgIpc) is 2.28. The third kappa shape index (κ3) is 2.24. The lowest BCUT2D eigenvalue weighted by Crippen LogP contribution is -2.04. The van der Waals surface area contributed by atoms with E-state index in [9.17, 15) is 8.42 Å². The first kappa shape index (κ1) is 12.3. The van der Waals surface area contributed by atoms with E-state index in [2.05, 4.69) is 9.97 Å². The molecular formula is C10H10N4O3S. The van der Waals surface area contributed by atoms with E-state index in [4.69, 9.17) is 16.0 Å². The molecule has 7 nitrogen and oxygen atoms in total. The second-order valence-corrected chi connectivity index (χ2v) is 4.89. The van der Waals surface area contributed by atoms with Crippen LogP contribution in [0.25, 0.3) is 11.1 Å². The van der Waals surface area contributed by atoms with Crippen molar-refractivity contribution >= 4 is 21.9 Å². The van der Waals surface area contributed by atoms with Gasteiger partial charge in [0, 0.05) is 17.3 Å². The van der Waals surface area contributed by atoms with Crippen LogP contribution >= 0.6 is 0 Å². The Hall–Kier alpha value is -2.19. The standard InChI is InChI=1S/C10H10N4O3S/c11-9-7(5-13-10(12)14-9)6-3-1-2-4-8(6)18(15,16)17/h1-5H,(H,15,16,17)(H4,11,12,13,14). The highest BCUT2D eigenvalue weighted by molar-refractivity contribution is 7.86. The van der Waals surface area contributed by atoms with Gasteiger partial charge < -0.3 is 11.5 Å². The van der Waals surface area contributed by atoms with Gasteiger partial charge in [0.15, 0.2) is 0 Å². The summed E-state index contributed by atoms with van der Waals surface area (Å²) in [6.45, 7) is 0. The van der Waals surface area contributed by atoms with Gasteiger partial charge in [-0.2, -0.15) is 13.4 Å². The predicted molar refractivity (Wildman–Crippen MR) is 66.1 cm³/mol. The Bertz CT molecular complexity index is 700. The van der Waals surface area contributed by atoms with Crippen molar-refractivity contribution in [1.29, 1.82) is 0 Å². The van der Waals surface area contributed by atoms with E-state index in [1.807, 2.05) is 0 Å². The Morgan fingerprint density at radius 3 is 2.39 bits per heavy atom. The maximum atomic E-state index is 11.3. The van der Waals surface area contributed by atoms with Crippen LogP contribution in [0.1, 0.15) is 0 Å². The predicted octanol–water partition coefficient (Wildman–Crippen LogP) is 0.555. The summed E-state index contributed by atoms with van der Waals surface area (Å²) in [5.41, 5.74) is 11.5. The van der Waals surface area contributed by atoms with Crippen molar-refractivity contribution < 1.29 is 13.0 Å². The van der Waals surface area contributed by atoms with E-state index >= 15 is 0 Å². The van der Waals surface area contributed by atoms with Crippen molar-refractivity contribution in [3.63, 3.8) is 0 Å². The molecule has 0 bridgehead atoms. The van der Waals surface area contributed by atoms with Crippen molar-refractivity contribution in [3.8, 4) is 11.1 Å². The van der Waals surface area contributed by atoms with Gasteiger partial charge in [-0.3, -0.25) is 4.55 Å². The molecular weight excluding hydrogens is 256 g/mol. The molecule has 0 aliphatic heterocycles. The normalized spacial score (nSPS) is 11.4. The van der Waals surface area contributed by atoms with Crippen LogP contribution in [0.3, 0.4) is 0 Å². The fourth-order valence-corrected chi connectivity index (χ4v) is 2.24. The van der Waals surface area contributed by atoms with Gasteiger partial charge in [-0.1, -0.05) is 18.2 Å². The number of hydrogen-bond donors (Lipinski definition) is 3. The number of aromatic nitrogens is 2. The summed E-state index contributed by atoms with van der Waals surface area (Å²) in [5, 5.41) is 0. The zero-order valence-corrected chi connectivity index (χ0v) is 9.92. The lowest BCUT2D eigenvalue weighted by Gasteiger charge is -2.08. The molecule has 18 heavy (non-hydrogen) atoms. The number of benzene rings is 1. The van der Waals surface area contributed by atoms with Crippen LogP contribution < -0.4 is 11.5 Å². The van der Waals surface area contributed by atoms with E-state index in [0.717, 1.165) is 0 Å². The summed E-state index contributed by atoms with van der Waals surface area (Å²) in [4.78, 5) is 7.23. The van der Waals surface area contributed by atoms with Crippen LogP contribution in [0, 0.1) is 0 Å². The molecule has 1 aromatic heterocycles. The number of hydrogen-bond acceptors (Lipinski definition) is 6. The van der Waals surface area contributed by atoms with Gasteiger partial charge >= 0.3 is 0 Å². The van der Waals surface area contributed by atoms with Gasteiger partial charge in [-0.25, -0.2) is 4.98 Å². The van der Waals surface area contributed by atoms with Gasteiger partial charge in [0.05, 0.1) is 0 Å². The molecule has 0 radical (unpaired) electrons. The Morgan fingerprint density at radius 2 is 1.78 bits per heavy atom. The monoisotopic (exact) mass is 266 g/mol. The van der Waals surface area contributed by atoms with Gasteiger partial charge in [0.25, 0.3) is 10.1 Å². The second-order valence-electron chi connectivity index (χ2n) is 3.50. The molecule has 0 unspecified atom stereocenters. The summed E-state index contributed by atoms with van der Waals surface area (Å²) in [6, 6.07) is 5.86. The molecule has 0 amide bonds. The van der Waals surface area contributed by atoms with E-state index in [-0.39, 0.29) is 27.8 Å². The van der Waals surface area contributed by atoms with E-state index in [1.54, 1.807) is 6.07 Å². The largest absolute Gasteiger partial charge is 0.383 e. The third-order valence-electron chi connectivity index (χ3n) is 2.29. The zero-order valence-electron chi connectivity index (χ0n) is 9.11. The average molecular weight is 266 g/mol. The molecule has 0 aliphatic rings. The van der Waals surface area contributed by atoms with Crippen LogP contribution in [0.4, 0.5) is 11.8 Å². The number of rotatable bonds is 2. The second kappa shape index (κ2) is 4.24. The molecule has 1 heterocycles. The minimum absolute atomic E-state index is 0.0133. The van der Waals surface area contributed by atoms with Crippen LogP contribution in [0.2, 0.25) is 0 Å². The van der Waals surface area contributed by atoms with Crippen LogP contribution in [0.5, 0.6) is 0 Å². The van der Waals surface area contributed by atoms with Gasteiger partial charge in [0.1, 0.15) is 10.7 Å². The Labute approximate surface area is 103 Å². The third-order valence-corrected chi connectivity index (χ3v) is 3.20. The number of nitrogens with zero attached hydrogens (tertiary/aromatic N) is 2. The maximum Gasteiger partial charge on any atom is 0.295 e. The highest BCUT2D eigenvalue weighted by Crippen LogP contribution is 2.29. The molecule has 1 aromatic carbocycles. The van der Waals surface area contributed by atoms with E-state index in [0.29, 0.717) is 0 Å². The zero-order chi connectivity index (χ0) is 13.3. The minimum atomic E-state index is -4.35. The highest BCUT2D eigenvalue weighted by Gasteiger charge is 2.18. The fourth-order valence-electron chi connectivity index (χ4n) is 1.53.